The second kappa shape index (κ2) is 9.64. The summed E-state index contributed by atoms with van der Waals surface area (Å²) in [6, 6.07) is 21.1. The van der Waals surface area contributed by atoms with E-state index in [9.17, 15) is 14.0 Å². The van der Waals surface area contributed by atoms with Crippen molar-refractivity contribution in [2.45, 2.75) is 39.0 Å². The largest absolute Gasteiger partial charge is 0.480 e. The molecule has 1 atom stereocenters. The van der Waals surface area contributed by atoms with Gasteiger partial charge in [0.05, 0.1) is 6.42 Å². The molecule has 0 aromatic heterocycles. The summed E-state index contributed by atoms with van der Waals surface area (Å²) in [4.78, 5) is 27.2. The minimum atomic E-state index is -0.588. The molecule has 0 bridgehead atoms. The van der Waals surface area contributed by atoms with Crippen molar-refractivity contribution in [2.75, 3.05) is 5.32 Å². The normalized spacial score (nSPS) is 15.5. The van der Waals surface area contributed by atoms with Gasteiger partial charge in [-0.1, -0.05) is 49.4 Å². The van der Waals surface area contributed by atoms with E-state index in [1.807, 2.05) is 43.3 Å². The number of carbonyl (C=O) groups excluding carboxylic acids is 2. The Balaban J connectivity index is 1.53. The number of nitrogens with zero attached hydrogens (tertiary/aromatic N) is 1. The number of rotatable bonds is 6. The fourth-order valence-corrected chi connectivity index (χ4v) is 3.78. The lowest BCUT2D eigenvalue weighted by Crippen LogP contribution is -2.38. The number of hydrogen-bond donors (Lipinski definition) is 1. The molecule has 3 aromatic carbocycles. The van der Waals surface area contributed by atoms with Gasteiger partial charge in [0.2, 0.25) is 5.91 Å². The zero-order valence-electron chi connectivity index (χ0n) is 17.9. The average molecular weight is 432 g/mol. The molecule has 1 aliphatic rings. The summed E-state index contributed by atoms with van der Waals surface area (Å²) in [6.07, 6.45) is 0.227. The Morgan fingerprint density at radius 3 is 2.53 bits per heavy atom. The summed E-state index contributed by atoms with van der Waals surface area (Å²) in [5.41, 5.74) is 3.24. The molecule has 3 aromatic rings. The van der Waals surface area contributed by atoms with Crippen LogP contribution in [0.3, 0.4) is 0 Å². The third-order valence-corrected chi connectivity index (χ3v) is 5.43. The molecule has 1 aliphatic heterocycles. The Hall–Kier alpha value is -3.67. The van der Waals surface area contributed by atoms with Crippen LogP contribution in [0.25, 0.3) is 0 Å². The summed E-state index contributed by atoms with van der Waals surface area (Å²) in [7, 11) is 0. The maximum absolute atomic E-state index is 13.3. The minimum Gasteiger partial charge on any atom is -0.480 e. The number of ether oxygens (including phenoxy) is 1. The van der Waals surface area contributed by atoms with Crippen LogP contribution in [-0.2, 0) is 29.1 Å². The fraction of sp³-hybridized carbons (Fsp3) is 0.231. The van der Waals surface area contributed by atoms with Crippen molar-refractivity contribution in [1.29, 1.82) is 0 Å². The van der Waals surface area contributed by atoms with Crippen molar-refractivity contribution in [1.82, 2.24) is 4.90 Å². The van der Waals surface area contributed by atoms with Gasteiger partial charge in [0.15, 0.2) is 6.10 Å². The molecular formula is C26H25FN2O3. The maximum Gasteiger partial charge on any atom is 0.264 e. The van der Waals surface area contributed by atoms with Crippen LogP contribution in [0.1, 0.15) is 30.0 Å². The van der Waals surface area contributed by atoms with Crippen molar-refractivity contribution < 1.29 is 18.7 Å². The van der Waals surface area contributed by atoms with E-state index < -0.39 is 6.10 Å². The molecule has 2 amide bonds. The Bertz CT molecular complexity index is 1100. The van der Waals surface area contributed by atoms with Gasteiger partial charge in [0.1, 0.15) is 11.6 Å². The van der Waals surface area contributed by atoms with Gasteiger partial charge in [0, 0.05) is 24.3 Å². The predicted molar refractivity (Wildman–Crippen MR) is 121 cm³/mol. The third-order valence-electron chi connectivity index (χ3n) is 5.43. The molecule has 0 fully saturated rings. The molecular weight excluding hydrogens is 407 g/mol. The van der Waals surface area contributed by atoms with Gasteiger partial charge >= 0.3 is 0 Å². The standard InChI is InChI=1S/C26H25FN2O3/c1-2-23-26(31)29(16-19-8-10-21(27)11-9-19)17-20-15-22(12-13-24(20)32-23)28-25(30)14-18-6-4-3-5-7-18/h3-13,15,23H,2,14,16-17H2,1H3,(H,28,30)/t23-/m1/s1. The van der Waals surface area contributed by atoms with Gasteiger partial charge in [-0.2, -0.15) is 0 Å². The zero-order valence-corrected chi connectivity index (χ0v) is 17.9. The number of hydrogen-bond acceptors (Lipinski definition) is 3. The SMILES string of the molecule is CC[C@H]1Oc2ccc(NC(=O)Cc3ccccc3)cc2CN(Cc2ccc(F)cc2)C1=O. The zero-order chi connectivity index (χ0) is 22.5. The number of anilines is 1. The summed E-state index contributed by atoms with van der Waals surface area (Å²) in [6.45, 7) is 2.59. The molecule has 0 aliphatic carbocycles. The number of halogens is 1. The first-order chi connectivity index (χ1) is 15.5. The number of carbonyl (C=O) groups is 2. The third kappa shape index (κ3) is 5.14. The van der Waals surface area contributed by atoms with Gasteiger partial charge in [-0.25, -0.2) is 4.39 Å². The van der Waals surface area contributed by atoms with Gasteiger partial charge < -0.3 is 15.0 Å². The van der Waals surface area contributed by atoms with Crippen LogP contribution in [0.15, 0.2) is 72.8 Å². The van der Waals surface area contributed by atoms with E-state index in [1.54, 1.807) is 29.2 Å². The van der Waals surface area contributed by atoms with Crippen LogP contribution in [0.4, 0.5) is 10.1 Å². The smallest absolute Gasteiger partial charge is 0.264 e. The first kappa shape index (κ1) is 21.6. The van der Waals surface area contributed by atoms with Crippen molar-refractivity contribution in [3.63, 3.8) is 0 Å². The van der Waals surface area contributed by atoms with Crippen LogP contribution in [0.2, 0.25) is 0 Å². The molecule has 164 valence electrons. The van der Waals surface area contributed by atoms with Crippen LogP contribution >= 0.6 is 0 Å². The van der Waals surface area contributed by atoms with Gasteiger partial charge in [-0.05, 0) is 47.9 Å². The van der Waals surface area contributed by atoms with E-state index in [0.717, 1.165) is 16.7 Å². The van der Waals surface area contributed by atoms with E-state index >= 15 is 0 Å². The Labute approximate surface area is 186 Å². The van der Waals surface area contributed by atoms with E-state index in [-0.39, 0.29) is 24.1 Å². The first-order valence-corrected chi connectivity index (χ1v) is 10.7. The molecule has 4 rings (SSSR count). The fourth-order valence-electron chi connectivity index (χ4n) is 3.78. The molecule has 1 N–H and O–H groups in total. The van der Waals surface area contributed by atoms with Crippen LogP contribution in [0, 0.1) is 5.82 Å². The molecule has 0 saturated carbocycles. The molecule has 5 nitrogen and oxygen atoms in total. The molecule has 0 unspecified atom stereocenters. The number of benzene rings is 3. The highest BCUT2D eigenvalue weighted by Gasteiger charge is 2.30. The van der Waals surface area contributed by atoms with E-state index in [4.69, 9.17) is 4.74 Å². The molecule has 6 heteroatoms. The van der Waals surface area contributed by atoms with Crippen molar-refractivity contribution in [3.8, 4) is 5.75 Å². The lowest BCUT2D eigenvalue weighted by atomic mass is 10.1. The number of nitrogens with one attached hydrogen (secondary N) is 1. The van der Waals surface area contributed by atoms with Gasteiger partial charge in [-0.3, -0.25) is 9.59 Å². The highest BCUT2D eigenvalue weighted by molar-refractivity contribution is 5.92. The summed E-state index contributed by atoms with van der Waals surface area (Å²) in [5, 5.41) is 2.93. The number of amides is 2. The summed E-state index contributed by atoms with van der Waals surface area (Å²) < 4.78 is 19.3. The van der Waals surface area contributed by atoms with Crippen LogP contribution < -0.4 is 10.1 Å². The Morgan fingerprint density at radius 2 is 1.81 bits per heavy atom. The molecule has 32 heavy (non-hydrogen) atoms. The van der Waals surface area contributed by atoms with Crippen molar-refractivity contribution in [2.24, 2.45) is 0 Å². The summed E-state index contributed by atoms with van der Waals surface area (Å²) >= 11 is 0. The van der Waals surface area contributed by atoms with Crippen LogP contribution in [0.5, 0.6) is 5.75 Å². The topological polar surface area (TPSA) is 58.6 Å². The number of fused-ring (bicyclic) bond motifs is 1. The lowest BCUT2D eigenvalue weighted by Gasteiger charge is -2.23. The Morgan fingerprint density at radius 1 is 1.06 bits per heavy atom. The predicted octanol–water partition coefficient (Wildman–Crippen LogP) is 4.71. The quantitative estimate of drug-likeness (QED) is 0.614. The second-order valence-corrected chi connectivity index (χ2v) is 7.87. The van der Waals surface area contributed by atoms with Crippen LogP contribution in [-0.4, -0.2) is 22.8 Å². The highest BCUT2D eigenvalue weighted by atomic mass is 19.1. The Kier molecular flexibility index (Phi) is 6.50. The first-order valence-electron chi connectivity index (χ1n) is 10.7. The lowest BCUT2D eigenvalue weighted by molar-refractivity contribution is -0.139. The maximum atomic E-state index is 13.3. The van der Waals surface area contributed by atoms with E-state index in [2.05, 4.69) is 5.32 Å². The second-order valence-electron chi connectivity index (χ2n) is 7.87. The molecule has 0 saturated heterocycles. The average Bonchev–Trinajstić information content (AvgIpc) is 2.92. The van der Waals surface area contributed by atoms with Gasteiger partial charge in [0.25, 0.3) is 5.91 Å². The molecule has 0 spiro atoms. The van der Waals surface area contributed by atoms with Crippen molar-refractivity contribution >= 4 is 17.5 Å². The monoisotopic (exact) mass is 432 g/mol. The van der Waals surface area contributed by atoms with E-state index in [1.165, 1.54) is 12.1 Å². The molecule has 0 radical (unpaired) electrons. The van der Waals surface area contributed by atoms with Crippen molar-refractivity contribution in [3.05, 3.63) is 95.3 Å². The highest BCUT2D eigenvalue weighted by Crippen LogP contribution is 2.30. The van der Waals surface area contributed by atoms with Gasteiger partial charge in [-0.15, -0.1) is 0 Å². The van der Waals surface area contributed by atoms with E-state index in [0.29, 0.717) is 30.9 Å². The minimum absolute atomic E-state index is 0.109. The molecule has 1 heterocycles. The summed E-state index contributed by atoms with van der Waals surface area (Å²) in [5.74, 6) is 0.0962.